The van der Waals surface area contributed by atoms with Crippen molar-refractivity contribution in [3.63, 3.8) is 0 Å². The van der Waals surface area contributed by atoms with Gasteiger partial charge in [0.25, 0.3) is 5.91 Å². The molecule has 1 aliphatic heterocycles. The van der Waals surface area contributed by atoms with Crippen LogP contribution in [-0.2, 0) is 23.2 Å². The molecule has 4 aromatic rings. The number of ether oxygens (including phenoxy) is 1. The molecule has 3 aromatic heterocycles. The molecule has 3 amide bonds. The number of hydrogen-bond acceptors (Lipinski definition) is 7. The van der Waals surface area contributed by atoms with Crippen molar-refractivity contribution in [3.05, 3.63) is 60.4 Å². The maximum Gasteiger partial charge on any atom is 0.258 e. The van der Waals surface area contributed by atoms with Crippen LogP contribution in [0.4, 0.5) is 11.6 Å². The highest BCUT2D eigenvalue weighted by molar-refractivity contribution is 6.07. The van der Waals surface area contributed by atoms with Gasteiger partial charge in [-0.25, -0.2) is 9.67 Å². The SMILES string of the molecule is C=CC(=O)NC(C)C(=O)Nc1cccc2nc3n(c12)CCCCCOc1c(cnn1C)-c1cc(cc(C)n1)C(=O)N3. The average Bonchev–Trinajstić information content (AvgIpc) is 3.49. The maximum absolute atomic E-state index is 13.5. The zero-order valence-corrected chi connectivity index (χ0v) is 23.2. The Bertz CT molecular complexity index is 1650. The van der Waals surface area contributed by atoms with Crippen LogP contribution < -0.4 is 20.7 Å². The third-order valence-electron chi connectivity index (χ3n) is 6.83. The van der Waals surface area contributed by atoms with Gasteiger partial charge in [-0.1, -0.05) is 12.6 Å². The minimum atomic E-state index is -0.788. The molecule has 3 N–H and O–H groups in total. The van der Waals surface area contributed by atoms with E-state index in [-0.39, 0.29) is 5.91 Å². The molecule has 4 heterocycles. The van der Waals surface area contributed by atoms with Crippen molar-refractivity contribution < 1.29 is 19.1 Å². The van der Waals surface area contributed by atoms with Gasteiger partial charge in [-0.05, 0) is 63.5 Å². The molecule has 0 radical (unpaired) electrons. The zero-order valence-electron chi connectivity index (χ0n) is 23.2. The first-order chi connectivity index (χ1) is 19.7. The van der Waals surface area contributed by atoms with Crippen molar-refractivity contribution >= 4 is 40.4 Å². The van der Waals surface area contributed by atoms with Crippen molar-refractivity contribution in [2.75, 3.05) is 17.2 Å². The predicted octanol–water partition coefficient (Wildman–Crippen LogP) is 3.58. The van der Waals surface area contributed by atoms with Gasteiger partial charge < -0.3 is 19.9 Å². The lowest BCUT2D eigenvalue weighted by Crippen LogP contribution is -2.40. The normalized spacial score (nSPS) is 14.4. The minimum absolute atomic E-state index is 0.346. The Balaban J connectivity index is 1.53. The van der Waals surface area contributed by atoms with Crippen LogP contribution in [0.3, 0.4) is 0 Å². The predicted molar refractivity (Wildman–Crippen MR) is 155 cm³/mol. The number of para-hydroxylation sites is 1. The second kappa shape index (κ2) is 11.6. The van der Waals surface area contributed by atoms with Gasteiger partial charge in [0, 0.05) is 24.8 Å². The van der Waals surface area contributed by atoms with E-state index in [9.17, 15) is 14.4 Å². The molecule has 0 saturated heterocycles. The highest BCUT2D eigenvalue weighted by Gasteiger charge is 2.22. The third kappa shape index (κ3) is 5.81. The summed E-state index contributed by atoms with van der Waals surface area (Å²) in [7, 11) is 1.81. The highest BCUT2D eigenvalue weighted by atomic mass is 16.5. The molecule has 12 heteroatoms. The second-order valence-corrected chi connectivity index (χ2v) is 9.92. The van der Waals surface area contributed by atoms with E-state index in [1.165, 1.54) is 0 Å². The molecular formula is C29H32N8O4. The second-order valence-electron chi connectivity index (χ2n) is 9.92. The van der Waals surface area contributed by atoms with Gasteiger partial charge in [-0.15, -0.1) is 0 Å². The van der Waals surface area contributed by atoms with Crippen molar-refractivity contribution in [1.82, 2.24) is 29.6 Å². The number of pyridine rings is 1. The fourth-order valence-electron chi connectivity index (χ4n) is 4.78. The summed E-state index contributed by atoms with van der Waals surface area (Å²) >= 11 is 0. The number of carbonyl (C=O) groups excluding carboxylic acids is 3. The Morgan fingerprint density at radius 2 is 2.02 bits per heavy atom. The van der Waals surface area contributed by atoms with Crippen molar-refractivity contribution in [2.45, 2.75) is 45.7 Å². The molecular weight excluding hydrogens is 524 g/mol. The summed E-state index contributed by atoms with van der Waals surface area (Å²) in [4.78, 5) is 47.5. The Morgan fingerprint density at radius 1 is 1.20 bits per heavy atom. The number of amides is 3. The first kappa shape index (κ1) is 27.6. The first-order valence-electron chi connectivity index (χ1n) is 13.4. The van der Waals surface area contributed by atoms with Crippen molar-refractivity contribution in [1.29, 1.82) is 0 Å². The van der Waals surface area contributed by atoms with E-state index >= 15 is 0 Å². The number of carbonyl (C=O) groups is 3. The van der Waals surface area contributed by atoms with Gasteiger partial charge in [0.1, 0.15) is 6.04 Å². The molecule has 41 heavy (non-hydrogen) atoms. The monoisotopic (exact) mass is 556 g/mol. The number of rotatable bonds is 4. The Labute approximate surface area is 236 Å². The molecule has 2 bridgehead atoms. The number of aryl methyl sites for hydroxylation is 3. The zero-order chi connectivity index (χ0) is 29.1. The van der Waals surface area contributed by atoms with Crippen LogP contribution in [0.15, 0.2) is 49.2 Å². The van der Waals surface area contributed by atoms with Crippen molar-refractivity contribution in [2.24, 2.45) is 7.05 Å². The molecule has 212 valence electrons. The Morgan fingerprint density at radius 3 is 2.83 bits per heavy atom. The van der Waals surface area contributed by atoms with Crippen LogP contribution in [0.2, 0.25) is 0 Å². The van der Waals surface area contributed by atoms with E-state index < -0.39 is 17.9 Å². The van der Waals surface area contributed by atoms with Gasteiger partial charge in [-0.3, -0.25) is 24.7 Å². The van der Waals surface area contributed by atoms with E-state index in [0.29, 0.717) is 64.2 Å². The molecule has 0 fully saturated rings. The van der Waals surface area contributed by atoms with E-state index in [4.69, 9.17) is 9.72 Å². The molecule has 0 spiro atoms. The molecule has 1 aromatic carbocycles. The summed E-state index contributed by atoms with van der Waals surface area (Å²) in [5.41, 5.74) is 4.18. The number of aromatic nitrogens is 5. The number of hydrogen-bond donors (Lipinski definition) is 3. The number of nitrogens with zero attached hydrogens (tertiary/aromatic N) is 5. The molecule has 0 aliphatic carbocycles. The quantitative estimate of drug-likeness (QED) is 0.326. The maximum atomic E-state index is 13.5. The van der Waals surface area contributed by atoms with E-state index in [1.807, 2.05) is 24.6 Å². The van der Waals surface area contributed by atoms with E-state index in [0.717, 1.165) is 25.3 Å². The number of fused-ring (bicyclic) bond motifs is 7. The standard InChI is InChI=1S/C29H32N8O4/c1-5-24(38)32-18(3)26(39)33-21-10-9-11-22-25(21)37-12-7-6-8-13-41-28-20(16-30-36(28)4)23-15-19(14-17(2)31-23)27(40)35-29(37)34-22/h5,9-11,14-16,18H,1,6-8,12-13H2,2-4H3,(H,32,38)(H,33,39)(H,34,35,40). The summed E-state index contributed by atoms with van der Waals surface area (Å²) in [5.74, 6) is -0.218. The molecule has 5 rings (SSSR count). The number of imidazole rings is 1. The lowest BCUT2D eigenvalue weighted by atomic mass is 10.1. The Hall–Kier alpha value is -5.00. The lowest BCUT2D eigenvalue weighted by Gasteiger charge is -2.16. The highest BCUT2D eigenvalue weighted by Crippen LogP contribution is 2.31. The Kier molecular flexibility index (Phi) is 7.81. The molecule has 0 saturated carbocycles. The number of nitrogens with one attached hydrogen (secondary N) is 3. The van der Waals surface area contributed by atoms with Crippen LogP contribution in [0.5, 0.6) is 5.88 Å². The van der Waals surface area contributed by atoms with Crippen LogP contribution in [0.25, 0.3) is 22.3 Å². The molecule has 1 unspecified atom stereocenters. The fourth-order valence-corrected chi connectivity index (χ4v) is 4.78. The summed E-state index contributed by atoms with van der Waals surface area (Å²) in [6, 6.07) is 8.01. The van der Waals surface area contributed by atoms with Gasteiger partial charge in [0.15, 0.2) is 0 Å². The lowest BCUT2D eigenvalue weighted by molar-refractivity contribution is -0.123. The summed E-state index contributed by atoms with van der Waals surface area (Å²) in [6.07, 6.45) is 5.23. The first-order valence-corrected chi connectivity index (χ1v) is 13.4. The van der Waals surface area contributed by atoms with E-state index in [2.05, 4.69) is 32.6 Å². The molecule has 1 aliphatic rings. The summed E-state index contributed by atoms with van der Waals surface area (Å²) in [6.45, 7) is 7.88. The third-order valence-corrected chi connectivity index (χ3v) is 6.83. The van der Waals surface area contributed by atoms with Crippen LogP contribution in [0.1, 0.15) is 42.2 Å². The molecule has 12 nitrogen and oxygen atoms in total. The van der Waals surface area contributed by atoms with Crippen LogP contribution in [-0.4, -0.2) is 54.7 Å². The number of anilines is 2. The van der Waals surface area contributed by atoms with Crippen LogP contribution >= 0.6 is 0 Å². The van der Waals surface area contributed by atoms with Gasteiger partial charge in [0.05, 0.1) is 40.8 Å². The summed E-state index contributed by atoms with van der Waals surface area (Å²) < 4.78 is 9.67. The van der Waals surface area contributed by atoms with Gasteiger partial charge in [-0.2, -0.15) is 5.10 Å². The fraction of sp³-hybridized carbons (Fsp3) is 0.310. The number of benzene rings is 1. The largest absolute Gasteiger partial charge is 0.477 e. The van der Waals surface area contributed by atoms with E-state index in [1.54, 1.807) is 42.1 Å². The minimum Gasteiger partial charge on any atom is -0.477 e. The smallest absolute Gasteiger partial charge is 0.258 e. The van der Waals surface area contributed by atoms with Crippen LogP contribution in [0, 0.1) is 6.92 Å². The van der Waals surface area contributed by atoms with Crippen molar-refractivity contribution in [3.8, 4) is 17.1 Å². The average molecular weight is 557 g/mol. The van der Waals surface area contributed by atoms with Gasteiger partial charge >= 0.3 is 0 Å². The topological polar surface area (TPSA) is 145 Å². The molecule has 1 atom stereocenters. The summed E-state index contributed by atoms with van der Waals surface area (Å²) in [5, 5.41) is 12.8. The van der Waals surface area contributed by atoms with Gasteiger partial charge in [0.2, 0.25) is 23.6 Å².